The number of benzene rings is 1. The Hall–Kier alpha value is -1.65. The SMILES string of the molecule is CNc1c(F)cc(C(=O)NC2CCCCCC2)cc1F. The van der Waals surface area contributed by atoms with Gasteiger partial charge in [-0.15, -0.1) is 0 Å². The minimum Gasteiger partial charge on any atom is -0.383 e. The summed E-state index contributed by atoms with van der Waals surface area (Å²) in [7, 11) is 1.44. The summed E-state index contributed by atoms with van der Waals surface area (Å²) in [6.07, 6.45) is 6.42. The van der Waals surface area contributed by atoms with Crippen LogP contribution >= 0.6 is 0 Å². The molecular formula is C15H20F2N2O. The first-order valence-corrected chi connectivity index (χ1v) is 7.09. The summed E-state index contributed by atoms with van der Waals surface area (Å²) in [6, 6.07) is 2.25. The van der Waals surface area contributed by atoms with Gasteiger partial charge in [0, 0.05) is 18.7 Å². The van der Waals surface area contributed by atoms with Crippen molar-refractivity contribution in [2.75, 3.05) is 12.4 Å². The third-order valence-corrected chi connectivity index (χ3v) is 3.74. The maximum Gasteiger partial charge on any atom is 0.251 e. The van der Waals surface area contributed by atoms with Gasteiger partial charge in [-0.25, -0.2) is 8.78 Å². The van der Waals surface area contributed by atoms with E-state index in [0.29, 0.717) is 0 Å². The number of carbonyl (C=O) groups is 1. The minimum atomic E-state index is -0.751. The van der Waals surface area contributed by atoms with E-state index in [-0.39, 0.29) is 17.3 Å². The molecule has 110 valence electrons. The van der Waals surface area contributed by atoms with Crippen LogP contribution in [0.15, 0.2) is 12.1 Å². The van der Waals surface area contributed by atoms with Crippen molar-refractivity contribution in [1.29, 1.82) is 0 Å². The highest BCUT2D eigenvalue weighted by Gasteiger charge is 2.18. The fourth-order valence-corrected chi connectivity index (χ4v) is 2.64. The summed E-state index contributed by atoms with van der Waals surface area (Å²) in [5.74, 6) is -1.91. The van der Waals surface area contributed by atoms with Crippen LogP contribution < -0.4 is 10.6 Å². The quantitative estimate of drug-likeness (QED) is 0.834. The number of hydrogen-bond acceptors (Lipinski definition) is 2. The second kappa shape index (κ2) is 6.68. The molecule has 20 heavy (non-hydrogen) atoms. The molecule has 3 nitrogen and oxygen atoms in total. The maximum absolute atomic E-state index is 13.6. The first-order valence-electron chi connectivity index (χ1n) is 7.09. The van der Waals surface area contributed by atoms with Gasteiger partial charge < -0.3 is 10.6 Å². The zero-order valence-electron chi connectivity index (χ0n) is 11.6. The predicted molar refractivity (Wildman–Crippen MR) is 74.9 cm³/mol. The summed E-state index contributed by atoms with van der Waals surface area (Å²) >= 11 is 0. The van der Waals surface area contributed by atoms with Crippen molar-refractivity contribution >= 4 is 11.6 Å². The molecule has 0 heterocycles. The van der Waals surface area contributed by atoms with Crippen LogP contribution in [0.4, 0.5) is 14.5 Å². The van der Waals surface area contributed by atoms with Gasteiger partial charge in [-0.2, -0.15) is 0 Å². The van der Waals surface area contributed by atoms with Crippen LogP contribution in [-0.2, 0) is 0 Å². The summed E-state index contributed by atoms with van der Waals surface area (Å²) in [5.41, 5.74) is -0.181. The number of halogens is 2. The molecule has 0 atom stereocenters. The predicted octanol–water partition coefficient (Wildman–Crippen LogP) is 3.46. The van der Waals surface area contributed by atoms with Gasteiger partial charge in [0.25, 0.3) is 5.91 Å². The van der Waals surface area contributed by atoms with Crippen LogP contribution in [-0.4, -0.2) is 19.0 Å². The van der Waals surface area contributed by atoms with Gasteiger partial charge in [-0.1, -0.05) is 25.7 Å². The number of amides is 1. The first-order chi connectivity index (χ1) is 9.61. The topological polar surface area (TPSA) is 41.1 Å². The first kappa shape index (κ1) is 14.8. The molecule has 2 N–H and O–H groups in total. The highest BCUT2D eigenvalue weighted by atomic mass is 19.1. The Kier molecular flexibility index (Phi) is 4.93. The average molecular weight is 282 g/mol. The van der Waals surface area contributed by atoms with E-state index in [1.54, 1.807) is 0 Å². The normalized spacial score (nSPS) is 16.6. The zero-order valence-corrected chi connectivity index (χ0v) is 11.6. The van der Waals surface area contributed by atoms with E-state index in [1.165, 1.54) is 19.9 Å². The molecule has 1 aliphatic carbocycles. The molecule has 0 bridgehead atoms. The fourth-order valence-electron chi connectivity index (χ4n) is 2.64. The van der Waals surface area contributed by atoms with Crippen LogP contribution in [0, 0.1) is 11.6 Å². The van der Waals surface area contributed by atoms with Crippen LogP contribution in [0.3, 0.4) is 0 Å². The van der Waals surface area contributed by atoms with E-state index in [1.807, 2.05) is 0 Å². The van der Waals surface area contributed by atoms with Gasteiger partial charge in [-0.05, 0) is 25.0 Å². The van der Waals surface area contributed by atoms with E-state index >= 15 is 0 Å². The van der Waals surface area contributed by atoms with E-state index in [4.69, 9.17) is 0 Å². The van der Waals surface area contributed by atoms with Gasteiger partial charge >= 0.3 is 0 Å². The number of carbonyl (C=O) groups excluding carboxylic acids is 1. The van der Waals surface area contributed by atoms with Crippen molar-refractivity contribution in [2.45, 2.75) is 44.6 Å². The van der Waals surface area contributed by atoms with Gasteiger partial charge in [-0.3, -0.25) is 4.79 Å². The Morgan fingerprint density at radius 3 is 2.15 bits per heavy atom. The molecule has 1 saturated carbocycles. The molecule has 1 fully saturated rings. The zero-order chi connectivity index (χ0) is 14.5. The fraction of sp³-hybridized carbons (Fsp3) is 0.533. The highest BCUT2D eigenvalue weighted by molar-refractivity contribution is 5.94. The number of anilines is 1. The van der Waals surface area contributed by atoms with Crippen LogP contribution in [0.2, 0.25) is 0 Å². The van der Waals surface area contributed by atoms with Crippen LogP contribution in [0.1, 0.15) is 48.9 Å². The van der Waals surface area contributed by atoms with Crippen molar-refractivity contribution in [2.24, 2.45) is 0 Å². The Labute approximate surface area is 117 Å². The van der Waals surface area contributed by atoms with Gasteiger partial charge in [0.2, 0.25) is 0 Å². The van der Waals surface area contributed by atoms with Crippen molar-refractivity contribution in [3.8, 4) is 0 Å². The Morgan fingerprint density at radius 1 is 1.10 bits per heavy atom. The molecule has 1 aliphatic rings. The lowest BCUT2D eigenvalue weighted by Crippen LogP contribution is -2.34. The molecule has 0 radical (unpaired) electrons. The molecule has 0 spiro atoms. The van der Waals surface area contributed by atoms with Crippen LogP contribution in [0.5, 0.6) is 0 Å². The molecule has 1 amide bonds. The number of hydrogen-bond donors (Lipinski definition) is 2. The van der Waals surface area contributed by atoms with Crippen molar-refractivity contribution < 1.29 is 13.6 Å². The molecule has 1 aromatic carbocycles. The molecule has 0 aromatic heterocycles. The Morgan fingerprint density at radius 2 is 1.65 bits per heavy atom. The van der Waals surface area contributed by atoms with E-state index < -0.39 is 17.5 Å². The molecule has 0 saturated heterocycles. The van der Waals surface area contributed by atoms with E-state index in [9.17, 15) is 13.6 Å². The average Bonchev–Trinajstić information content (AvgIpc) is 2.67. The second-order valence-electron chi connectivity index (χ2n) is 5.23. The third kappa shape index (κ3) is 3.46. The van der Waals surface area contributed by atoms with Crippen molar-refractivity contribution in [3.05, 3.63) is 29.3 Å². The molecule has 5 heteroatoms. The molecular weight excluding hydrogens is 262 g/mol. The Bertz CT molecular complexity index is 460. The Balaban J connectivity index is 2.08. The van der Waals surface area contributed by atoms with Gasteiger partial charge in [0.15, 0.2) is 0 Å². The summed E-state index contributed by atoms with van der Waals surface area (Å²) in [4.78, 5) is 12.1. The second-order valence-corrected chi connectivity index (χ2v) is 5.23. The minimum absolute atomic E-state index is 0.0308. The van der Waals surface area contributed by atoms with Crippen LogP contribution in [0.25, 0.3) is 0 Å². The lowest BCUT2D eigenvalue weighted by atomic mass is 10.1. The summed E-state index contributed by atoms with van der Waals surface area (Å²) < 4.78 is 27.3. The standard InChI is InChI=1S/C15H20F2N2O/c1-18-14-12(16)8-10(9-13(14)17)15(20)19-11-6-4-2-3-5-7-11/h8-9,11,18H,2-7H2,1H3,(H,19,20). The number of rotatable bonds is 3. The monoisotopic (exact) mass is 282 g/mol. The number of nitrogens with one attached hydrogen (secondary N) is 2. The lowest BCUT2D eigenvalue weighted by Gasteiger charge is -2.16. The van der Waals surface area contributed by atoms with E-state index in [0.717, 1.165) is 37.8 Å². The smallest absolute Gasteiger partial charge is 0.251 e. The molecule has 0 unspecified atom stereocenters. The maximum atomic E-state index is 13.6. The molecule has 2 rings (SSSR count). The molecule has 0 aliphatic heterocycles. The van der Waals surface area contributed by atoms with E-state index in [2.05, 4.69) is 10.6 Å². The van der Waals surface area contributed by atoms with Gasteiger partial charge in [0.05, 0.1) is 0 Å². The lowest BCUT2D eigenvalue weighted by molar-refractivity contribution is 0.0932. The van der Waals surface area contributed by atoms with Crippen molar-refractivity contribution in [1.82, 2.24) is 5.32 Å². The largest absolute Gasteiger partial charge is 0.383 e. The van der Waals surface area contributed by atoms with Gasteiger partial charge in [0.1, 0.15) is 17.3 Å². The van der Waals surface area contributed by atoms with Crippen molar-refractivity contribution in [3.63, 3.8) is 0 Å². The summed E-state index contributed by atoms with van der Waals surface area (Å²) in [5, 5.41) is 5.31. The third-order valence-electron chi connectivity index (χ3n) is 3.74. The highest BCUT2D eigenvalue weighted by Crippen LogP contribution is 2.21. The molecule has 1 aromatic rings. The summed E-state index contributed by atoms with van der Waals surface area (Å²) in [6.45, 7) is 0.